The van der Waals surface area contributed by atoms with Gasteiger partial charge in [0.2, 0.25) is 0 Å². The van der Waals surface area contributed by atoms with Gasteiger partial charge in [-0.25, -0.2) is 4.98 Å². The van der Waals surface area contributed by atoms with Crippen molar-refractivity contribution in [2.45, 2.75) is 20.8 Å². The summed E-state index contributed by atoms with van der Waals surface area (Å²) < 4.78 is 0. The Morgan fingerprint density at radius 2 is 1.61 bits per heavy atom. The summed E-state index contributed by atoms with van der Waals surface area (Å²) in [7, 11) is 1.99. The summed E-state index contributed by atoms with van der Waals surface area (Å²) >= 11 is 0. The topological polar surface area (TPSA) is 42.2 Å². The van der Waals surface area contributed by atoms with Gasteiger partial charge in [-0.05, 0) is 56.2 Å². The lowest BCUT2D eigenvalue weighted by Crippen LogP contribution is -2.14. The molecule has 0 saturated carbocycles. The number of aryl methyl sites for hydroxylation is 3. The number of nitrogens with two attached hydrogens (primary N) is 1. The van der Waals surface area contributed by atoms with E-state index < -0.39 is 0 Å². The lowest BCUT2D eigenvalue weighted by atomic mass is 10.1. The van der Waals surface area contributed by atoms with Crippen molar-refractivity contribution < 1.29 is 0 Å². The molecule has 2 rings (SSSR count). The molecule has 0 fully saturated rings. The van der Waals surface area contributed by atoms with E-state index in [1.807, 2.05) is 31.0 Å². The van der Waals surface area contributed by atoms with Crippen molar-refractivity contribution in [3.8, 4) is 0 Å². The molecular formula is C15H19N3. The Kier molecular flexibility index (Phi) is 3.24. The molecule has 0 amide bonds. The third-order valence-electron chi connectivity index (χ3n) is 2.96. The van der Waals surface area contributed by atoms with Crippen molar-refractivity contribution in [2.24, 2.45) is 0 Å². The van der Waals surface area contributed by atoms with Crippen molar-refractivity contribution in [3.05, 3.63) is 47.2 Å². The van der Waals surface area contributed by atoms with Gasteiger partial charge in [-0.1, -0.05) is 6.07 Å². The number of nitrogens with zero attached hydrogens (tertiary/aromatic N) is 2. The van der Waals surface area contributed by atoms with Gasteiger partial charge in [0.15, 0.2) is 5.82 Å². The predicted octanol–water partition coefficient (Wildman–Crippen LogP) is 3.36. The maximum Gasteiger partial charge on any atom is 0.156 e. The summed E-state index contributed by atoms with van der Waals surface area (Å²) in [4.78, 5) is 6.54. The van der Waals surface area contributed by atoms with Gasteiger partial charge in [0, 0.05) is 18.4 Å². The normalized spacial score (nSPS) is 10.4. The van der Waals surface area contributed by atoms with E-state index in [4.69, 9.17) is 5.73 Å². The zero-order valence-electron chi connectivity index (χ0n) is 11.4. The van der Waals surface area contributed by atoms with Gasteiger partial charge >= 0.3 is 0 Å². The summed E-state index contributed by atoms with van der Waals surface area (Å²) in [5, 5.41) is 0. The number of hydrogen-bond acceptors (Lipinski definition) is 3. The Morgan fingerprint density at radius 1 is 1.00 bits per heavy atom. The van der Waals surface area contributed by atoms with Crippen molar-refractivity contribution in [3.63, 3.8) is 0 Å². The van der Waals surface area contributed by atoms with Crippen molar-refractivity contribution in [1.29, 1.82) is 0 Å². The Hall–Kier alpha value is -2.03. The minimum atomic E-state index is 0.697. The number of pyridine rings is 1. The molecule has 3 nitrogen and oxygen atoms in total. The van der Waals surface area contributed by atoms with Crippen molar-refractivity contribution in [1.82, 2.24) is 4.98 Å². The number of anilines is 3. The first-order chi connectivity index (χ1) is 8.47. The number of nitrogen functional groups attached to an aromatic ring is 1. The van der Waals surface area contributed by atoms with Gasteiger partial charge in [-0.2, -0.15) is 0 Å². The molecule has 0 aliphatic heterocycles. The molecule has 0 saturated heterocycles. The van der Waals surface area contributed by atoms with Gasteiger partial charge < -0.3 is 10.6 Å². The van der Waals surface area contributed by atoms with Crippen LogP contribution in [0.25, 0.3) is 0 Å². The molecule has 1 heterocycles. The van der Waals surface area contributed by atoms with Crippen molar-refractivity contribution in [2.75, 3.05) is 17.7 Å². The highest BCUT2D eigenvalue weighted by Gasteiger charge is 2.10. The van der Waals surface area contributed by atoms with E-state index in [0.717, 1.165) is 17.2 Å². The fourth-order valence-electron chi connectivity index (χ4n) is 2.09. The summed E-state index contributed by atoms with van der Waals surface area (Å²) in [5.41, 5.74) is 11.3. The van der Waals surface area contributed by atoms with E-state index >= 15 is 0 Å². The minimum absolute atomic E-state index is 0.697. The van der Waals surface area contributed by atoms with Gasteiger partial charge in [-0.15, -0.1) is 0 Å². The third kappa shape index (κ3) is 2.45. The summed E-state index contributed by atoms with van der Waals surface area (Å²) in [6, 6.07) is 10.3. The third-order valence-corrected chi connectivity index (χ3v) is 2.96. The van der Waals surface area contributed by atoms with E-state index in [2.05, 4.69) is 37.0 Å². The second-order valence-corrected chi connectivity index (χ2v) is 4.77. The molecule has 0 atom stereocenters. The highest BCUT2D eigenvalue weighted by atomic mass is 15.2. The smallest absolute Gasteiger partial charge is 0.156 e. The molecular weight excluding hydrogens is 222 g/mol. The molecule has 0 aliphatic rings. The maximum atomic E-state index is 6.00. The number of rotatable bonds is 2. The Balaban J connectivity index is 2.47. The van der Waals surface area contributed by atoms with Gasteiger partial charge in [-0.3, -0.25) is 0 Å². The monoisotopic (exact) mass is 241 g/mol. The highest BCUT2D eigenvalue weighted by Crippen LogP contribution is 2.28. The lowest BCUT2D eigenvalue weighted by molar-refractivity contribution is 1.09. The predicted molar refractivity (Wildman–Crippen MR) is 77.4 cm³/mol. The number of hydrogen-bond donors (Lipinski definition) is 1. The summed E-state index contributed by atoms with van der Waals surface area (Å²) in [6.07, 6.45) is 0. The summed E-state index contributed by atoms with van der Waals surface area (Å²) in [6.45, 7) is 6.16. The number of aromatic nitrogens is 1. The molecule has 0 radical (unpaired) electrons. The molecule has 2 N–H and O–H groups in total. The molecule has 3 heteroatoms. The van der Waals surface area contributed by atoms with Gasteiger partial charge in [0.05, 0.1) is 5.69 Å². The van der Waals surface area contributed by atoms with Gasteiger partial charge in [0.1, 0.15) is 0 Å². The van der Waals surface area contributed by atoms with Crippen LogP contribution in [-0.4, -0.2) is 12.0 Å². The first-order valence-electron chi connectivity index (χ1n) is 6.02. The Morgan fingerprint density at radius 3 is 2.22 bits per heavy atom. The van der Waals surface area contributed by atoms with E-state index in [-0.39, 0.29) is 0 Å². The van der Waals surface area contributed by atoms with E-state index in [9.17, 15) is 0 Å². The molecule has 1 aromatic heterocycles. The zero-order chi connectivity index (χ0) is 13.3. The van der Waals surface area contributed by atoms with Crippen LogP contribution in [0, 0.1) is 20.8 Å². The Labute approximate surface area is 108 Å². The second kappa shape index (κ2) is 4.69. The fraction of sp³-hybridized carbons (Fsp3) is 0.267. The van der Waals surface area contributed by atoms with Crippen LogP contribution in [0.3, 0.4) is 0 Å². The molecule has 2 aromatic rings. The lowest BCUT2D eigenvalue weighted by Gasteiger charge is -2.21. The zero-order valence-corrected chi connectivity index (χ0v) is 11.4. The highest BCUT2D eigenvalue weighted by molar-refractivity contribution is 5.71. The van der Waals surface area contributed by atoms with Crippen LogP contribution in [-0.2, 0) is 0 Å². The van der Waals surface area contributed by atoms with E-state index in [0.29, 0.717) is 5.69 Å². The average Bonchev–Trinajstić information content (AvgIpc) is 2.30. The Bertz CT molecular complexity index is 556. The van der Waals surface area contributed by atoms with Crippen LogP contribution in [0.1, 0.15) is 16.8 Å². The minimum Gasteiger partial charge on any atom is -0.396 e. The fourth-order valence-corrected chi connectivity index (χ4v) is 2.09. The second-order valence-electron chi connectivity index (χ2n) is 4.77. The van der Waals surface area contributed by atoms with E-state index in [1.54, 1.807) is 0 Å². The van der Waals surface area contributed by atoms with E-state index in [1.165, 1.54) is 11.1 Å². The molecule has 0 bridgehead atoms. The van der Waals surface area contributed by atoms with Crippen LogP contribution < -0.4 is 10.6 Å². The largest absolute Gasteiger partial charge is 0.396 e. The summed E-state index contributed by atoms with van der Waals surface area (Å²) in [5.74, 6) is 0.806. The molecule has 94 valence electrons. The van der Waals surface area contributed by atoms with Crippen LogP contribution in [0.5, 0.6) is 0 Å². The van der Waals surface area contributed by atoms with Crippen LogP contribution in [0.15, 0.2) is 30.3 Å². The molecule has 0 aliphatic carbocycles. The molecule has 0 spiro atoms. The van der Waals surface area contributed by atoms with Crippen molar-refractivity contribution >= 4 is 17.2 Å². The van der Waals surface area contributed by atoms with Crippen LogP contribution in [0.4, 0.5) is 17.2 Å². The standard InChI is InChI=1S/C15H19N3/c1-10-7-11(2)9-13(8-10)18(4)15-14(16)6-5-12(3)17-15/h5-9H,16H2,1-4H3. The van der Waals surface area contributed by atoms with Crippen LogP contribution in [0.2, 0.25) is 0 Å². The first kappa shape index (κ1) is 12.4. The first-order valence-corrected chi connectivity index (χ1v) is 6.02. The quantitative estimate of drug-likeness (QED) is 0.876. The van der Waals surface area contributed by atoms with Crippen LogP contribution >= 0.6 is 0 Å². The SMILES string of the molecule is Cc1cc(C)cc(N(C)c2nc(C)ccc2N)c1. The molecule has 1 aromatic carbocycles. The van der Waals surface area contributed by atoms with Gasteiger partial charge in [0.25, 0.3) is 0 Å². The maximum absolute atomic E-state index is 6.00. The molecule has 18 heavy (non-hydrogen) atoms. The number of benzene rings is 1. The molecule has 0 unspecified atom stereocenters. The average molecular weight is 241 g/mol.